The summed E-state index contributed by atoms with van der Waals surface area (Å²) in [6, 6.07) is 0. The average molecular weight is 315 g/mol. The van der Waals surface area contributed by atoms with Gasteiger partial charge in [-0.25, -0.2) is 4.79 Å². The zero-order valence-corrected chi connectivity index (χ0v) is 12.1. The molecule has 1 saturated heterocycles. The number of alkyl halides is 3. The highest BCUT2D eigenvalue weighted by Crippen LogP contribution is 2.15. The van der Waals surface area contributed by atoms with Crippen molar-refractivity contribution in [1.29, 1.82) is 0 Å². The SMILES string of the molecule is CC(C)(C)C(=O)OCC1CNCCO1.O=C(O)C(F)(F)F. The predicted molar refractivity (Wildman–Crippen MR) is 66.7 cm³/mol. The van der Waals surface area contributed by atoms with Crippen LogP contribution >= 0.6 is 0 Å². The van der Waals surface area contributed by atoms with E-state index in [1.807, 2.05) is 20.8 Å². The largest absolute Gasteiger partial charge is 0.490 e. The molecule has 1 atom stereocenters. The van der Waals surface area contributed by atoms with Crippen LogP contribution in [0.25, 0.3) is 0 Å². The molecular formula is C12H20F3NO5. The van der Waals surface area contributed by atoms with E-state index in [4.69, 9.17) is 19.4 Å². The zero-order chi connectivity index (χ0) is 16.7. The number of esters is 1. The third kappa shape index (κ3) is 9.24. The molecule has 0 aliphatic carbocycles. The van der Waals surface area contributed by atoms with Gasteiger partial charge in [0, 0.05) is 13.1 Å². The minimum atomic E-state index is -5.08. The van der Waals surface area contributed by atoms with E-state index in [1.54, 1.807) is 0 Å². The molecule has 9 heteroatoms. The van der Waals surface area contributed by atoms with Crippen LogP contribution in [-0.4, -0.2) is 55.6 Å². The molecule has 1 rings (SSSR count). The lowest BCUT2D eigenvalue weighted by atomic mass is 9.97. The van der Waals surface area contributed by atoms with Crippen molar-refractivity contribution in [3.63, 3.8) is 0 Å². The third-order valence-corrected chi connectivity index (χ3v) is 2.26. The van der Waals surface area contributed by atoms with Crippen molar-refractivity contribution in [2.45, 2.75) is 33.1 Å². The summed E-state index contributed by atoms with van der Waals surface area (Å²) in [7, 11) is 0. The highest BCUT2D eigenvalue weighted by atomic mass is 19.4. The number of ether oxygens (including phenoxy) is 2. The van der Waals surface area contributed by atoms with Gasteiger partial charge in [0.25, 0.3) is 0 Å². The lowest BCUT2D eigenvalue weighted by Crippen LogP contribution is -2.42. The van der Waals surface area contributed by atoms with E-state index < -0.39 is 17.6 Å². The van der Waals surface area contributed by atoms with Gasteiger partial charge >= 0.3 is 18.1 Å². The number of nitrogens with one attached hydrogen (secondary N) is 1. The molecule has 0 aromatic carbocycles. The van der Waals surface area contributed by atoms with Gasteiger partial charge in [0.15, 0.2) is 0 Å². The minimum absolute atomic E-state index is 0.00931. The first kappa shape index (κ1) is 19.7. The van der Waals surface area contributed by atoms with Gasteiger partial charge in [0.05, 0.1) is 12.0 Å². The third-order valence-electron chi connectivity index (χ3n) is 2.26. The Bertz CT molecular complexity index is 346. The predicted octanol–water partition coefficient (Wildman–Crippen LogP) is 1.20. The first-order chi connectivity index (χ1) is 9.44. The van der Waals surface area contributed by atoms with Crippen molar-refractivity contribution in [2.75, 3.05) is 26.3 Å². The second-order valence-electron chi connectivity index (χ2n) is 5.35. The molecule has 0 saturated carbocycles. The van der Waals surface area contributed by atoms with E-state index in [1.165, 1.54) is 0 Å². The molecule has 21 heavy (non-hydrogen) atoms. The van der Waals surface area contributed by atoms with Crippen molar-refractivity contribution in [3.05, 3.63) is 0 Å². The summed E-state index contributed by atoms with van der Waals surface area (Å²) >= 11 is 0. The van der Waals surface area contributed by atoms with E-state index in [2.05, 4.69) is 5.32 Å². The van der Waals surface area contributed by atoms with Crippen molar-refractivity contribution in [2.24, 2.45) is 5.41 Å². The van der Waals surface area contributed by atoms with E-state index in [-0.39, 0.29) is 12.1 Å². The topological polar surface area (TPSA) is 84.9 Å². The maximum atomic E-state index is 11.4. The van der Waals surface area contributed by atoms with Crippen molar-refractivity contribution in [1.82, 2.24) is 5.32 Å². The number of carbonyl (C=O) groups is 2. The van der Waals surface area contributed by atoms with Crippen LogP contribution in [0.4, 0.5) is 13.2 Å². The minimum Gasteiger partial charge on any atom is -0.475 e. The van der Waals surface area contributed by atoms with Crippen LogP contribution in [0.2, 0.25) is 0 Å². The molecule has 0 bridgehead atoms. The first-order valence-corrected chi connectivity index (χ1v) is 6.24. The maximum Gasteiger partial charge on any atom is 0.490 e. The van der Waals surface area contributed by atoms with Gasteiger partial charge in [-0.1, -0.05) is 0 Å². The number of carboxylic acid groups (broad SMARTS) is 1. The Hall–Kier alpha value is -1.35. The van der Waals surface area contributed by atoms with Crippen LogP contribution in [0.5, 0.6) is 0 Å². The van der Waals surface area contributed by atoms with E-state index in [0.717, 1.165) is 13.1 Å². The normalized spacial score (nSPS) is 19.2. The molecule has 0 spiro atoms. The smallest absolute Gasteiger partial charge is 0.475 e. The van der Waals surface area contributed by atoms with E-state index in [0.29, 0.717) is 13.2 Å². The van der Waals surface area contributed by atoms with Crippen LogP contribution in [-0.2, 0) is 19.1 Å². The number of halogens is 3. The molecule has 1 aliphatic rings. The van der Waals surface area contributed by atoms with Crippen molar-refractivity contribution >= 4 is 11.9 Å². The van der Waals surface area contributed by atoms with Gasteiger partial charge in [-0.2, -0.15) is 13.2 Å². The molecule has 0 aromatic heterocycles. The van der Waals surface area contributed by atoms with Crippen molar-refractivity contribution in [3.8, 4) is 0 Å². The van der Waals surface area contributed by atoms with Gasteiger partial charge < -0.3 is 19.9 Å². The zero-order valence-electron chi connectivity index (χ0n) is 12.1. The molecule has 2 N–H and O–H groups in total. The summed E-state index contributed by atoms with van der Waals surface area (Å²) in [4.78, 5) is 20.3. The molecule has 124 valence electrons. The number of hydrogen-bond donors (Lipinski definition) is 2. The van der Waals surface area contributed by atoms with Crippen LogP contribution in [0, 0.1) is 5.41 Å². The Morgan fingerprint density at radius 2 is 1.86 bits per heavy atom. The summed E-state index contributed by atoms with van der Waals surface area (Å²) in [5, 5.41) is 10.3. The molecule has 1 heterocycles. The molecule has 1 unspecified atom stereocenters. The summed E-state index contributed by atoms with van der Waals surface area (Å²) < 4.78 is 42.3. The Kier molecular flexibility index (Phi) is 7.65. The van der Waals surface area contributed by atoms with Crippen molar-refractivity contribution < 1.29 is 37.3 Å². The van der Waals surface area contributed by atoms with E-state index >= 15 is 0 Å². The molecule has 0 amide bonds. The average Bonchev–Trinajstić information content (AvgIpc) is 2.35. The lowest BCUT2D eigenvalue weighted by Gasteiger charge is -2.25. The van der Waals surface area contributed by atoms with Crippen LogP contribution in [0.1, 0.15) is 20.8 Å². The molecule has 0 radical (unpaired) electrons. The molecule has 1 aliphatic heterocycles. The fourth-order valence-electron chi connectivity index (χ4n) is 1.11. The van der Waals surface area contributed by atoms with Gasteiger partial charge in [0.1, 0.15) is 12.7 Å². The van der Waals surface area contributed by atoms with Crippen LogP contribution < -0.4 is 5.32 Å². The highest BCUT2D eigenvalue weighted by Gasteiger charge is 2.38. The maximum absolute atomic E-state index is 11.4. The monoisotopic (exact) mass is 315 g/mol. The number of carbonyl (C=O) groups excluding carboxylic acids is 1. The number of hydrogen-bond acceptors (Lipinski definition) is 5. The van der Waals surface area contributed by atoms with Gasteiger partial charge in [-0.05, 0) is 20.8 Å². The fraction of sp³-hybridized carbons (Fsp3) is 0.833. The Balaban J connectivity index is 0.000000486. The fourth-order valence-corrected chi connectivity index (χ4v) is 1.11. The second-order valence-corrected chi connectivity index (χ2v) is 5.35. The van der Waals surface area contributed by atoms with Crippen LogP contribution in [0.3, 0.4) is 0 Å². The summed E-state index contributed by atoms with van der Waals surface area (Å²) in [6.45, 7) is 8.21. The quantitative estimate of drug-likeness (QED) is 0.745. The summed E-state index contributed by atoms with van der Waals surface area (Å²) in [5.74, 6) is -2.93. The van der Waals surface area contributed by atoms with Gasteiger partial charge in [-0.15, -0.1) is 0 Å². The molecule has 6 nitrogen and oxygen atoms in total. The van der Waals surface area contributed by atoms with Gasteiger partial charge in [-0.3, -0.25) is 4.79 Å². The Morgan fingerprint density at radius 3 is 2.19 bits per heavy atom. The lowest BCUT2D eigenvalue weighted by molar-refractivity contribution is -0.192. The molecular weight excluding hydrogens is 295 g/mol. The van der Waals surface area contributed by atoms with Gasteiger partial charge in [0.2, 0.25) is 0 Å². The summed E-state index contributed by atoms with van der Waals surface area (Å²) in [5.41, 5.74) is -0.428. The molecule has 0 aromatic rings. The number of morpholine rings is 1. The number of carboxylic acids is 1. The Labute approximate surface area is 120 Å². The summed E-state index contributed by atoms with van der Waals surface area (Å²) in [6.07, 6.45) is -5.07. The number of aliphatic carboxylic acids is 1. The molecule has 1 fully saturated rings. The Morgan fingerprint density at radius 1 is 1.33 bits per heavy atom. The highest BCUT2D eigenvalue weighted by molar-refractivity contribution is 5.75. The number of rotatable bonds is 2. The van der Waals surface area contributed by atoms with Crippen LogP contribution in [0.15, 0.2) is 0 Å². The first-order valence-electron chi connectivity index (χ1n) is 6.24. The second kappa shape index (κ2) is 8.18. The standard InChI is InChI=1S/C10H19NO3.C2HF3O2/c1-10(2,3)9(12)14-7-8-6-11-4-5-13-8;3-2(4,5)1(6)7/h8,11H,4-7H2,1-3H3;(H,6,7). The van der Waals surface area contributed by atoms with E-state index in [9.17, 15) is 18.0 Å².